The summed E-state index contributed by atoms with van der Waals surface area (Å²) < 4.78 is 33.9. The number of hydrogen-bond donors (Lipinski definition) is 0. The van der Waals surface area contributed by atoms with Crippen molar-refractivity contribution in [3.8, 4) is 11.5 Å². The third kappa shape index (κ3) is 6.32. The van der Waals surface area contributed by atoms with E-state index in [0.29, 0.717) is 38.2 Å². The Kier molecular flexibility index (Phi) is 8.38. The molecular formula is C25H30Cl2O6. The van der Waals surface area contributed by atoms with E-state index in [4.69, 9.17) is 51.6 Å². The Bertz CT molecular complexity index is 802. The van der Waals surface area contributed by atoms with E-state index in [1.807, 2.05) is 24.3 Å². The van der Waals surface area contributed by atoms with Crippen molar-refractivity contribution in [3.63, 3.8) is 0 Å². The molecule has 0 N–H and O–H groups in total. The molecule has 2 aliphatic rings. The average Bonchev–Trinajstić information content (AvgIpc) is 3.51. The molecule has 2 saturated heterocycles. The number of halogens is 2. The summed E-state index contributed by atoms with van der Waals surface area (Å²) in [5.41, 5.74) is 2.17. The minimum atomic E-state index is -0.376. The monoisotopic (exact) mass is 496 g/mol. The molecule has 2 aromatic rings. The molecule has 2 heterocycles. The lowest BCUT2D eigenvalue weighted by Crippen LogP contribution is -2.21. The largest absolute Gasteiger partial charge is 0.488 e. The van der Waals surface area contributed by atoms with E-state index in [9.17, 15) is 0 Å². The molecule has 0 spiro atoms. The minimum Gasteiger partial charge on any atom is -0.488 e. The van der Waals surface area contributed by atoms with Gasteiger partial charge in [-0.25, -0.2) is 0 Å². The predicted molar refractivity (Wildman–Crippen MR) is 127 cm³/mol. The van der Waals surface area contributed by atoms with Crippen molar-refractivity contribution in [2.75, 3.05) is 38.2 Å². The van der Waals surface area contributed by atoms with Gasteiger partial charge in [-0.3, -0.25) is 0 Å². The molecule has 0 radical (unpaired) electrons. The molecule has 4 atom stereocenters. The summed E-state index contributed by atoms with van der Waals surface area (Å²) in [7, 11) is 0. The standard InChI is InChI=1S/C25H30Cl2O6/c1-25(2,17-3-7-19(8-4-17)28-15-23-30-13-21(11-26)32-23)18-5-9-20(10-6-18)29-16-24-31-14-22(12-27)33-24/h3-10,21-24H,11-16H2,1-2H3. The molecule has 6 nitrogen and oxygen atoms in total. The Labute approximate surface area is 205 Å². The predicted octanol–water partition coefficient (Wildman–Crippen LogP) is 4.73. The first kappa shape index (κ1) is 24.6. The van der Waals surface area contributed by atoms with Gasteiger partial charge in [-0.05, 0) is 35.4 Å². The van der Waals surface area contributed by atoms with Crippen LogP contribution in [0.3, 0.4) is 0 Å². The van der Waals surface area contributed by atoms with Crippen molar-refractivity contribution in [2.45, 2.75) is 44.1 Å². The van der Waals surface area contributed by atoms with Crippen LogP contribution in [0.2, 0.25) is 0 Å². The Hall–Kier alpha value is -1.54. The highest BCUT2D eigenvalue weighted by Crippen LogP contribution is 2.33. The van der Waals surface area contributed by atoms with Crippen molar-refractivity contribution in [1.82, 2.24) is 0 Å². The normalized spacial score (nSPS) is 25.3. The van der Waals surface area contributed by atoms with Gasteiger partial charge in [-0.15, -0.1) is 23.2 Å². The number of alkyl halides is 2. The van der Waals surface area contributed by atoms with E-state index in [1.54, 1.807) is 0 Å². The molecule has 2 aromatic carbocycles. The van der Waals surface area contributed by atoms with Crippen molar-refractivity contribution < 1.29 is 28.4 Å². The molecule has 8 heteroatoms. The molecule has 33 heavy (non-hydrogen) atoms. The first-order chi connectivity index (χ1) is 16.0. The zero-order chi connectivity index (χ0) is 23.3. The second-order valence-electron chi connectivity index (χ2n) is 8.65. The van der Waals surface area contributed by atoms with Crippen molar-refractivity contribution in [2.24, 2.45) is 0 Å². The van der Waals surface area contributed by atoms with Gasteiger partial charge in [0.05, 0.1) is 37.2 Å². The Balaban J connectivity index is 1.30. The molecule has 4 unspecified atom stereocenters. The summed E-state index contributed by atoms with van der Waals surface area (Å²) >= 11 is 11.6. The molecule has 0 aliphatic carbocycles. The van der Waals surface area contributed by atoms with E-state index in [-0.39, 0.29) is 30.2 Å². The van der Waals surface area contributed by atoms with Crippen LogP contribution in [0.5, 0.6) is 11.5 Å². The van der Waals surface area contributed by atoms with Crippen LogP contribution < -0.4 is 9.47 Å². The zero-order valence-corrected chi connectivity index (χ0v) is 20.4. The minimum absolute atomic E-state index is 0.0622. The first-order valence-corrected chi connectivity index (χ1v) is 12.2. The number of benzene rings is 2. The van der Waals surface area contributed by atoms with Gasteiger partial charge in [0.15, 0.2) is 12.6 Å². The lowest BCUT2D eigenvalue weighted by Gasteiger charge is -2.26. The molecule has 0 aromatic heterocycles. The molecule has 2 fully saturated rings. The molecule has 0 bridgehead atoms. The van der Waals surface area contributed by atoms with Gasteiger partial charge in [0.1, 0.15) is 24.7 Å². The molecule has 180 valence electrons. The summed E-state index contributed by atoms with van der Waals surface area (Å²) in [6.07, 6.45) is -0.876. The second-order valence-corrected chi connectivity index (χ2v) is 9.26. The fourth-order valence-electron chi connectivity index (χ4n) is 3.78. The van der Waals surface area contributed by atoms with E-state index in [0.717, 1.165) is 11.5 Å². The number of ether oxygens (including phenoxy) is 6. The zero-order valence-electron chi connectivity index (χ0n) is 18.9. The van der Waals surface area contributed by atoms with Crippen LogP contribution in [0.15, 0.2) is 48.5 Å². The van der Waals surface area contributed by atoms with Crippen molar-refractivity contribution in [3.05, 3.63) is 59.7 Å². The fraction of sp³-hybridized carbons (Fsp3) is 0.520. The van der Waals surface area contributed by atoms with Crippen LogP contribution in [0.4, 0.5) is 0 Å². The molecule has 0 saturated carbocycles. The summed E-state index contributed by atoms with van der Waals surface area (Å²) in [6.45, 7) is 6.06. The average molecular weight is 497 g/mol. The maximum atomic E-state index is 5.82. The van der Waals surface area contributed by atoms with Crippen LogP contribution in [0, 0.1) is 0 Å². The Morgan fingerprint density at radius 3 is 1.45 bits per heavy atom. The smallest absolute Gasteiger partial charge is 0.192 e. The van der Waals surface area contributed by atoms with Gasteiger partial charge in [-0.1, -0.05) is 38.1 Å². The lowest BCUT2D eigenvalue weighted by molar-refractivity contribution is -0.0790. The van der Waals surface area contributed by atoms with Gasteiger partial charge < -0.3 is 28.4 Å². The third-order valence-corrected chi connectivity index (χ3v) is 6.58. The molecular weight excluding hydrogens is 467 g/mol. The highest BCUT2D eigenvalue weighted by molar-refractivity contribution is 6.18. The summed E-state index contributed by atoms with van der Waals surface area (Å²) in [6, 6.07) is 16.2. The van der Waals surface area contributed by atoms with Gasteiger partial charge in [0, 0.05) is 5.41 Å². The second kappa shape index (κ2) is 11.3. The van der Waals surface area contributed by atoms with E-state index < -0.39 is 0 Å². The van der Waals surface area contributed by atoms with Crippen LogP contribution in [0.1, 0.15) is 25.0 Å². The van der Waals surface area contributed by atoms with Crippen molar-refractivity contribution in [1.29, 1.82) is 0 Å². The van der Waals surface area contributed by atoms with Crippen LogP contribution in [-0.2, 0) is 24.4 Å². The van der Waals surface area contributed by atoms with Crippen LogP contribution in [-0.4, -0.2) is 63.0 Å². The highest BCUT2D eigenvalue weighted by Gasteiger charge is 2.27. The molecule has 0 amide bonds. The van der Waals surface area contributed by atoms with Gasteiger partial charge in [-0.2, -0.15) is 0 Å². The first-order valence-electron chi connectivity index (χ1n) is 11.1. The van der Waals surface area contributed by atoms with E-state index in [2.05, 4.69) is 38.1 Å². The maximum absolute atomic E-state index is 5.82. The molecule has 4 rings (SSSR count). The quantitative estimate of drug-likeness (QED) is 0.443. The molecule has 2 aliphatic heterocycles. The van der Waals surface area contributed by atoms with Gasteiger partial charge in [0.25, 0.3) is 0 Å². The summed E-state index contributed by atoms with van der Waals surface area (Å²) in [4.78, 5) is 0. The summed E-state index contributed by atoms with van der Waals surface area (Å²) in [5, 5.41) is 0. The summed E-state index contributed by atoms with van der Waals surface area (Å²) in [5.74, 6) is 2.39. The van der Waals surface area contributed by atoms with Crippen molar-refractivity contribution >= 4 is 23.2 Å². The third-order valence-electron chi connectivity index (χ3n) is 5.89. The van der Waals surface area contributed by atoms with E-state index >= 15 is 0 Å². The van der Waals surface area contributed by atoms with Gasteiger partial charge in [0.2, 0.25) is 0 Å². The van der Waals surface area contributed by atoms with E-state index in [1.165, 1.54) is 11.1 Å². The lowest BCUT2D eigenvalue weighted by atomic mass is 9.78. The fourth-order valence-corrected chi connectivity index (χ4v) is 4.11. The number of rotatable bonds is 10. The maximum Gasteiger partial charge on any atom is 0.192 e. The topological polar surface area (TPSA) is 55.4 Å². The highest BCUT2D eigenvalue weighted by atomic mass is 35.5. The Morgan fingerprint density at radius 2 is 1.12 bits per heavy atom. The number of hydrogen-bond acceptors (Lipinski definition) is 6. The Morgan fingerprint density at radius 1 is 0.727 bits per heavy atom. The van der Waals surface area contributed by atoms with Crippen LogP contribution in [0.25, 0.3) is 0 Å². The van der Waals surface area contributed by atoms with Crippen LogP contribution >= 0.6 is 23.2 Å². The van der Waals surface area contributed by atoms with Gasteiger partial charge >= 0.3 is 0 Å². The SMILES string of the molecule is CC(C)(c1ccc(OCC2OCC(CCl)O2)cc1)c1ccc(OCC2OCC(CCl)O2)cc1.